The van der Waals surface area contributed by atoms with Crippen molar-refractivity contribution in [2.45, 2.75) is 248 Å². The van der Waals surface area contributed by atoms with E-state index in [1.54, 1.807) is 0 Å². The molecule has 2 fully saturated rings. The second-order valence-corrected chi connectivity index (χ2v) is 18.4. The number of hydrogen-bond acceptors (Lipinski definition) is 15. The zero-order valence-corrected chi connectivity index (χ0v) is 41.6. The van der Waals surface area contributed by atoms with Crippen LogP contribution in [-0.2, 0) is 38.0 Å². The molecule has 15 nitrogen and oxygen atoms in total. The summed E-state index contributed by atoms with van der Waals surface area (Å²) in [7, 11) is 0. The maximum atomic E-state index is 13.0. The molecule has 4 unspecified atom stereocenters. The van der Waals surface area contributed by atoms with Crippen LogP contribution in [0.2, 0.25) is 0 Å². The van der Waals surface area contributed by atoms with Gasteiger partial charge in [-0.3, -0.25) is 9.59 Å². The average Bonchev–Trinajstić information content (AvgIpc) is 3.33. The van der Waals surface area contributed by atoms with Gasteiger partial charge in [-0.1, -0.05) is 165 Å². The molecule has 15 heteroatoms. The van der Waals surface area contributed by atoms with Gasteiger partial charge in [0.15, 0.2) is 18.7 Å². The lowest BCUT2D eigenvalue weighted by atomic mass is 9.98. The van der Waals surface area contributed by atoms with Crippen LogP contribution in [0.5, 0.6) is 0 Å². The minimum absolute atomic E-state index is 0.142. The highest BCUT2D eigenvalue weighted by Crippen LogP contribution is 2.26. The number of esters is 2. The molecule has 0 spiro atoms. The van der Waals surface area contributed by atoms with Crippen LogP contribution < -0.4 is 0 Å². The fourth-order valence-electron chi connectivity index (χ4n) is 7.97. The van der Waals surface area contributed by atoms with Gasteiger partial charge < -0.3 is 64.2 Å². The molecule has 394 valence electrons. The molecule has 68 heavy (non-hydrogen) atoms. The Morgan fingerprint density at radius 2 is 0.897 bits per heavy atom. The number of unbranched alkanes of at least 4 members (excludes halogenated alkanes) is 18. The van der Waals surface area contributed by atoms with Crippen LogP contribution in [0.4, 0.5) is 0 Å². The first-order valence-electron chi connectivity index (χ1n) is 26.2. The van der Waals surface area contributed by atoms with E-state index in [0.29, 0.717) is 19.3 Å². The number of carbonyl (C=O) groups is 2. The summed E-state index contributed by atoms with van der Waals surface area (Å²) in [4.78, 5) is 25.7. The van der Waals surface area contributed by atoms with Gasteiger partial charge in [0, 0.05) is 12.8 Å². The van der Waals surface area contributed by atoms with Crippen molar-refractivity contribution in [3.8, 4) is 0 Å². The molecular formula is C53H92O15. The summed E-state index contributed by atoms with van der Waals surface area (Å²) >= 11 is 0. The molecule has 0 amide bonds. The normalized spacial score (nSPS) is 26.1. The number of rotatable bonds is 40. The predicted molar refractivity (Wildman–Crippen MR) is 261 cm³/mol. The Kier molecular flexibility index (Phi) is 36.3. The van der Waals surface area contributed by atoms with Crippen LogP contribution in [-0.4, -0.2) is 142 Å². The monoisotopic (exact) mass is 969 g/mol. The minimum atomic E-state index is -1.77. The molecule has 11 atom stereocenters. The molecule has 0 aromatic rings. The Balaban J connectivity index is 1.80. The standard InChI is InChI=1S/C53H92O15/c1-3-5-7-9-11-13-15-16-17-18-19-20-21-22-23-24-26-27-29-31-33-35-44(55)63-38-41(66-45(56)36-34-32-30-28-25-14-12-10-8-6-4-2)39-64-52-51(62)49(60)47(58)43(68-52)40-65-53-50(61)48(59)46(57)42(37-54)67-53/h17-18,20-21,23-24,27,29,41-43,46-54,57-62H,3-16,19,22,25-26,28,30-40H2,1-2H3/b18-17+,21-20+,24-23+,29-27+/t41-,42+,43+,46-,47-,48?,49?,50?,51?,52+,53+/m0/s1. The molecule has 2 rings (SSSR count). The van der Waals surface area contributed by atoms with Crippen molar-refractivity contribution in [2.24, 2.45) is 0 Å². The summed E-state index contributed by atoms with van der Waals surface area (Å²) in [6.45, 7) is 2.52. The van der Waals surface area contributed by atoms with Gasteiger partial charge >= 0.3 is 11.9 Å². The predicted octanol–water partition coefficient (Wildman–Crippen LogP) is 7.49. The number of hydrogen-bond donors (Lipinski definition) is 7. The van der Waals surface area contributed by atoms with Gasteiger partial charge in [0.1, 0.15) is 55.4 Å². The molecule has 0 aromatic heterocycles. The van der Waals surface area contributed by atoms with Crippen molar-refractivity contribution in [2.75, 3.05) is 26.4 Å². The first kappa shape index (κ1) is 61.6. The fraction of sp³-hybridized carbons (Fsp3) is 0.811. The molecule has 7 N–H and O–H groups in total. The summed E-state index contributed by atoms with van der Waals surface area (Å²) in [6, 6.07) is 0. The Morgan fingerprint density at radius 1 is 0.471 bits per heavy atom. The number of allylic oxidation sites excluding steroid dienone is 8. The largest absolute Gasteiger partial charge is 0.462 e. The summed E-state index contributed by atoms with van der Waals surface area (Å²) in [5.74, 6) is -0.990. The third-order valence-electron chi connectivity index (χ3n) is 12.3. The molecule has 0 bridgehead atoms. The van der Waals surface area contributed by atoms with E-state index in [2.05, 4.69) is 56.4 Å². The summed E-state index contributed by atoms with van der Waals surface area (Å²) < 4.78 is 33.5. The minimum Gasteiger partial charge on any atom is -0.462 e. The molecule has 2 aliphatic heterocycles. The highest BCUT2D eigenvalue weighted by molar-refractivity contribution is 5.70. The fourth-order valence-corrected chi connectivity index (χ4v) is 7.97. The molecule has 2 heterocycles. The highest BCUT2D eigenvalue weighted by atomic mass is 16.7. The number of aliphatic hydroxyl groups excluding tert-OH is 7. The molecule has 2 saturated heterocycles. The first-order valence-corrected chi connectivity index (χ1v) is 26.2. The Bertz CT molecular complexity index is 1370. The number of aliphatic hydroxyl groups is 7. The zero-order chi connectivity index (χ0) is 49.6. The van der Waals surface area contributed by atoms with Crippen molar-refractivity contribution in [1.82, 2.24) is 0 Å². The maximum absolute atomic E-state index is 13.0. The average molecular weight is 969 g/mol. The van der Waals surface area contributed by atoms with Gasteiger partial charge in [-0.2, -0.15) is 0 Å². The number of carbonyl (C=O) groups excluding carboxylic acids is 2. The van der Waals surface area contributed by atoms with Gasteiger partial charge in [-0.05, 0) is 51.4 Å². The Morgan fingerprint density at radius 3 is 1.43 bits per heavy atom. The van der Waals surface area contributed by atoms with E-state index < -0.39 is 99.3 Å². The molecule has 0 radical (unpaired) electrons. The van der Waals surface area contributed by atoms with Crippen LogP contribution >= 0.6 is 0 Å². The summed E-state index contributed by atoms with van der Waals surface area (Å²) in [5, 5.41) is 72.0. The lowest BCUT2D eigenvalue weighted by Gasteiger charge is -2.42. The summed E-state index contributed by atoms with van der Waals surface area (Å²) in [5.41, 5.74) is 0. The van der Waals surface area contributed by atoms with Crippen LogP contribution in [0.1, 0.15) is 181 Å². The topological polar surface area (TPSA) is 231 Å². The van der Waals surface area contributed by atoms with E-state index in [4.69, 9.17) is 28.4 Å². The molecule has 0 saturated carbocycles. The van der Waals surface area contributed by atoms with Crippen molar-refractivity contribution in [1.29, 1.82) is 0 Å². The van der Waals surface area contributed by atoms with Crippen molar-refractivity contribution in [3.63, 3.8) is 0 Å². The van der Waals surface area contributed by atoms with Crippen LogP contribution in [0.25, 0.3) is 0 Å². The highest BCUT2D eigenvalue weighted by Gasteiger charge is 2.47. The molecular weight excluding hydrogens is 877 g/mol. The van der Waals surface area contributed by atoms with Gasteiger partial charge in [-0.15, -0.1) is 0 Å². The van der Waals surface area contributed by atoms with E-state index in [1.807, 2.05) is 6.08 Å². The first-order chi connectivity index (χ1) is 33.0. The van der Waals surface area contributed by atoms with E-state index in [1.165, 1.54) is 89.9 Å². The van der Waals surface area contributed by atoms with Crippen molar-refractivity contribution >= 4 is 11.9 Å². The van der Waals surface area contributed by atoms with Gasteiger partial charge in [0.2, 0.25) is 0 Å². The Labute approximate surface area is 408 Å². The third-order valence-corrected chi connectivity index (χ3v) is 12.3. The summed E-state index contributed by atoms with van der Waals surface area (Å²) in [6.07, 6.45) is 27.3. The van der Waals surface area contributed by atoms with E-state index in [9.17, 15) is 45.3 Å². The second-order valence-electron chi connectivity index (χ2n) is 18.4. The smallest absolute Gasteiger partial charge is 0.306 e. The van der Waals surface area contributed by atoms with Gasteiger partial charge in [0.05, 0.1) is 19.8 Å². The number of ether oxygens (including phenoxy) is 6. The van der Waals surface area contributed by atoms with E-state index >= 15 is 0 Å². The Hall–Kier alpha value is -2.54. The molecule has 0 aromatic carbocycles. The van der Waals surface area contributed by atoms with Crippen LogP contribution in [0.15, 0.2) is 48.6 Å². The second kappa shape index (κ2) is 40.1. The van der Waals surface area contributed by atoms with E-state index in [-0.39, 0.29) is 19.4 Å². The van der Waals surface area contributed by atoms with Gasteiger partial charge in [0.25, 0.3) is 0 Å². The lowest BCUT2D eigenvalue weighted by Crippen LogP contribution is -2.61. The van der Waals surface area contributed by atoms with Crippen molar-refractivity contribution < 1.29 is 73.8 Å². The van der Waals surface area contributed by atoms with E-state index in [0.717, 1.165) is 44.9 Å². The van der Waals surface area contributed by atoms with Crippen molar-refractivity contribution in [3.05, 3.63) is 48.6 Å². The zero-order valence-electron chi connectivity index (χ0n) is 41.6. The van der Waals surface area contributed by atoms with Crippen LogP contribution in [0.3, 0.4) is 0 Å². The van der Waals surface area contributed by atoms with Gasteiger partial charge in [-0.25, -0.2) is 0 Å². The molecule has 0 aliphatic carbocycles. The SMILES string of the molecule is CCCCCCCCC/C=C/C/C=C/C/C=C/C/C=C/CCCC(=O)OC[C@@H](CO[C@@H]1O[C@H](CO[C@@H]2O[C@H](CO)[C@H](O)C(O)C2O)[C@H](O)C(O)C1O)OC(=O)CCCCCCCCCCCCC. The van der Waals surface area contributed by atoms with Crippen LogP contribution in [0, 0.1) is 0 Å². The quantitative estimate of drug-likeness (QED) is 0.0179. The third kappa shape index (κ3) is 27.7. The lowest BCUT2D eigenvalue weighted by molar-refractivity contribution is -0.332. The maximum Gasteiger partial charge on any atom is 0.306 e. The molecule has 2 aliphatic rings.